The number of carbonyl (C=O) groups is 4. The van der Waals surface area contributed by atoms with Gasteiger partial charge >= 0.3 is 0 Å². The molecule has 4 aromatic rings. The van der Waals surface area contributed by atoms with E-state index in [1.807, 2.05) is 103 Å². The van der Waals surface area contributed by atoms with Crippen LogP contribution >= 0.6 is 25.3 Å². The number of carbonyl (C=O) groups excluding carboxylic acids is 4. The van der Waals surface area contributed by atoms with E-state index in [-0.39, 0.29) is 25.9 Å². The first kappa shape index (κ1) is 38.9. The fourth-order valence-electron chi connectivity index (χ4n) is 5.81. The van der Waals surface area contributed by atoms with Gasteiger partial charge in [-0.1, -0.05) is 97.1 Å². The zero-order valence-electron chi connectivity index (χ0n) is 28.7. The molecule has 0 aliphatic carbocycles. The number of nitrogens with one attached hydrogen (secondary N) is 1. The number of ether oxygens (including phenoxy) is 2. The van der Waals surface area contributed by atoms with Crippen molar-refractivity contribution >= 4 is 48.9 Å². The zero-order valence-corrected chi connectivity index (χ0v) is 30.5. The first-order chi connectivity index (χ1) is 24.5. The van der Waals surface area contributed by atoms with Crippen molar-refractivity contribution in [3.05, 3.63) is 131 Å². The number of benzene rings is 4. The molecule has 0 spiro atoms. The summed E-state index contributed by atoms with van der Waals surface area (Å²) in [6.07, 6.45) is 0.213. The smallest absolute Gasteiger partial charge is 0.277 e. The number of amides is 4. The highest BCUT2D eigenvalue weighted by molar-refractivity contribution is 7.83. The molecule has 0 fully saturated rings. The van der Waals surface area contributed by atoms with E-state index in [0.717, 1.165) is 27.3 Å². The van der Waals surface area contributed by atoms with Crippen LogP contribution < -0.4 is 20.6 Å². The highest BCUT2D eigenvalue weighted by Gasteiger charge is 2.47. The van der Waals surface area contributed by atoms with Gasteiger partial charge in [0.2, 0.25) is 17.7 Å². The van der Waals surface area contributed by atoms with Gasteiger partial charge in [0.05, 0.1) is 19.5 Å². The second-order valence-electron chi connectivity index (χ2n) is 11.9. The molecule has 2 atom stereocenters. The maximum absolute atomic E-state index is 15.1. The number of hydrogen-bond acceptors (Lipinski definition) is 8. The van der Waals surface area contributed by atoms with Crippen LogP contribution in [0.5, 0.6) is 11.5 Å². The first-order valence-corrected chi connectivity index (χ1v) is 17.5. The second kappa shape index (κ2) is 18.9. The Hall–Kier alpha value is -4.94. The van der Waals surface area contributed by atoms with Crippen LogP contribution in [-0.4, -0.2) is 71.0 Å². The van der Waals surface area contributed by atoms with Gasteiger partial charge in [-0.25, -0.2) is 0 Å². The van der Waals surface area contributed by atoms with Crippen LogP contribution in [0.25, 0.3) is 0 Å². The first-order valence-electron chi connectivity index (χ1n) is 16.5. The standard InChI is InChI=1S/C39H44N4O6S2/c1-48-32-19-11-9-17-30(32)21-23-42(37(46)34(50)25-28-13-5-3-6-14-28)39(51,27-29-15-7-4-8-16-29)38(47)43(41-36(45)26-35(40)44)24-22-31-18-10-12-20-33(31)49-2/h3-20,34,50-51H,21-27H2,1-2H3,(H2,40,44)(H,41,45)/t34-,39-/m0/s1. The van der Waals surface area contributed by atoms with E-state index >= 15 is 4.79 Å². The summed E-state index contributed by atoms with van der Waals surface area (Å²) in [4.78, 5) is 54.0. The average Bonchev–Trinajstić information content (AvgIpc) is 3.13. The number of rotatable bonds is 17. The summed E-state index contributed by atoms with van der Waals surface area (Å²) in [5.74, 6) is -1.52. The summed E-state index contributed by atoms with van der Waals surface area (Å²) in [6, 6.07) is 33.4. The molecule has 0 aromatic heterocycles. The molecule has 51 heavy (non-hydrogen) atoms. The Balaban J connectivity index is 1.80. The van der Waals surface area contributed by atoms with E-state index in [0.29, 0.717) is 24.3 Å². The van der Waals surface area contributed by atoms with Gasteiger partial charge in [-0.2, -0.15) is 12.6 Å². The lowest BCUT2D eigenvalue weighted by Crippen LogP contribution is -2.64. The third-order valence-corrected chi connectivity index (χ3v) is 9.33. The monoisotopic (exact) mass is 728 g/mol. The number of nitrogens with two attached hydrogens (primary N) is 1. The summed E-state index contributed by atoms with van der Waals surface area (Å²) in [7, 11) is 3.12. The maximum atomic E-state index is 15.1. The van der Waals surface area contributed by atoms with E-state index in [1.54, 1.807) is 20.3 Å². The minimum atomic E-state index is -1.85. The number of hydrogen-bond donors (Lipinski definition) is 4. The van der Waals surface area contributed by atoms with E-state index in [9.17, 15) is 14.4 Å². The number of para-hydroxylation sites is 2. The molecule has 0 bridgehead atoms. The number of methoxy groups -OCH3 is 2. The molecule has 4 amide bonds. The van der Waals surface area contributed by atoms with Crippen molar-refractivity contribution in [2.24, 2.45) is 5.73 Å². The molecular weight excluding hydrogens is 685 g/mol. The summed E-state index contributed by atoms with van der Waals surface area (Å²) in [5.41, 5.74) is 11.1. The summed E-state index contributed by atoms with van der Waals surface area (Å²) in [5, 5.41) is 0.272. The largest absolute Gasteiger partial charge is 0.496 e. The third-order valence-electron chi connectivity index (χ3n) is 8.34. The highest BCUT2D eigenvalue weighted by Crippen LogP contribution is 2.32. The minimum absolute atomic E-state index is 0.0177. The van der Waals surface area contributed by atoms with Crippen LogP contribution in [0.4, 0.5) is 0 Å². The van der Waals surface area contributed by atoms with Crippen molar-refractivity contribution in [3.63, 3.8) is 0 Å². The van der Waals surface area contributed by atoms with Crippen molar-refractivity contribution in [2.75, 3.05) is 27.3 Å². The molecular formula is C39H44N4O6S2. The summed E-state index contributed by atoms with van der Waals surface area (Å²) in [6.45, 7) is 0.0202. The van der Waals surface area contributed by atoms with Crippen LogP contribution in [0.3, 0.4) is 0 Å². The van der Waals surface area contributed by atoms with E-state index in [1.165, 1.54) is 4.90 Å². The van der Waals surface area contributed by atoms with Gasteiger partial charge < -0.3 is 20.1 Å². The van der Waals surface area contributed by atoms with E-state index in [4.69, 9.17) is 40.5 Å². The van der Waals surface area contributed by atoms with Gasteiger partial charge in [0.1, 0.15) is 17.9 Å². The van der Waals surface area contributed by atoms with Gasteiger partial charge in [0.25, 0.3) is 5.91 Å². The predicted molar refractivity (Wildman–Crippen MR) is 204 cm³/mol. The van der Waals surface area contributed by atoms with Gasteiger partial charge in [-0.05, 0) is 53.6 Å². The number of primary amides is 1. The Kier molecular flexibility index (Phi) is 14.4. The van der Waals surface area contributed by atoms with Gasteiger partial charge in [-0.15, -0.1) is 12.6 Å². The van der Waals surface area contributed by atoms with Gasteiger partial charge in [0, 0.05) is 19.5 Å². The Morgan fingerprint density at radius 3 is 1.76 bits per heavy atom. The second-order valence-corrected chi connectivity index (χ2v) is 13.3. The number of hydrazine groups is 1. The quantitative estimate of drug-likeness (QED) is 0.0550. The summed E-state index contributed by atoms with van der Waals surface area (Å²) < 4.78 is 11.1. The fraction of sp³-hybridized carbons (Fsp3) is 0.282. The predicted octanol–water partition coefficient (Wildman–Crippen LogP) is 4.46. The lowest BCUT2D eigenvalue weighted by atomic mass is 9.99. The Morgan fingerprint density at radius 1 is 0.745 bits per heavy atom. The topological polar surface area (TPSA) is 131 Å². The van der Waals surface area contributed by atoms with E-state index in [2.05, 4.69) is 5.43 Å². The van der Waals surface area contributed by atoms with Crippen molar-refractivity contribution in [1.82, 2.24) is 15.3 Å². The Labute approximate surface area is 310 Å². The molecule has 0 saturated heterocycles. The highest BCUT2D eigenvalue weighted by atomic mass is 32.1. The SMILES string of the molecule is COc1ccccc1CCN(NC(=O)CC(N)=O)C(=O)[C@@](S)(Cc1ccccc1)N(CCc1ccccc1OC)C(=O)[C@@H](S)Cc1ccccc1. The van der Waals surface area contributed by atoms with Crippen LogP contribution in [0, 0.1) is 0 Å². The lowest BCUT2D eigenvalue weighted by molar-refractivity contribution is -0.152. The van der Waals surface area contributed by atoms with Crippen LogP contribution in [0.2, 0.25) is 0 Å². The summed E-state index contributed by atoms with van der Waals surface area (Å²) >= 11 is 9.87. The number of nitrogens with zero attached hydrogens (tertiary/aromatic N) is 2. The molecule has 0 radical (unpaired) electrons. The van der Waals surface area contributed by atoms with E-state index < -0.39 is 40.2 Å². The van der Waals surface area contributed by atoms with Crippen molar-refractivity contribution in [2.45, 2.75) is 42.2 Å². The molecule has 4 aromatic carbocycles. The minimum Gasteiger partial charge on any atom is -0.496 e. The zero-order chi connectivity index (χ0) is 36.8. The molecule has 4 rings (SSSR count). The Bertz CT molecular complexity index is 1780. The van der Waals surface area contributed by atoms with Crippen molar-refractivity contribution in [3.8, 4) is 11.5 Å². The van der Waals surface area contributed by atoms with Crippen LogP contribution in [-0.2, 0) is 44.9 Å². The van der Waals surface area contributed by atoms with Gasteiger partial charge in [0.15, 0.2) is 4.87 Å². The molecule has 0 unspecified atom stereocenters. The van der Waals surface area contributed by atoms with Crippen LogP contribution in [0.15, 0.2) is 109 Å². The molecule has 12 heteroatoms. The fourth-order valence-corrected chi connectivity index (χ4v) is 6.66. The lowest BCUT2D eigenvalue weighted by Gasteiger charge is -2.43. The molecule has 0 saturated carbocycles. The molecule has 268 valence electrons. The maximum Gasteiger partial charge on any atom is 0.277 e. The van der Waals surface area contributed by atoms with Crippen molar-refractivity contribution in [1.29, 1.82) is 0 Å². The average molecular weight is 729 g/mol. The van der Waals surface area contributed by atoms with Crippen LogP contribution in [0.1, 0.15) is 28.7 Å². The molecule has 0 aliphatic rings. The molecule has 0 aliphatic heterocycles. The third kappa shape index (κ3) is 10.8. The van der Waals surface area contributed by atoms with Crippen molar-refractivity contribution < 1.29 is 28.7 Å². The molecule has 3 N–H and O–H groups in total. The molecule has 10 nitrogen and oxygen atoms in total. The molecule has 0 heterocycles. The number of thiol groups is 2. The normalized spacial score (nSPS) is 12.5. The van der Waals surface area contributed by atoms with Gasteiger partial charge in [-0.3, -0.25) is 29.6 Å². The Morgan fingerprint density at radius 2 is 1.24 bits per heavy atom.